The lowest BCUT2D eigenvalue weighted by Crippen LogP contribution is -2.49. The zero-order valence-corrected chi connectivity index (χ0v) is 15.8. The molecule has 0 atom stereocenters. The van der Waals surface area contributed by atoms with E-state index >= 15 is 0 Å². The highest BCUT2D eigenvalue weighted by Crippen LogP contribution is 2.15. The number of hydrogen-bond acceptors (Lipinski definition) is 4. The summed E-state index contributed by atoms with van der Waals surface area (Å²) in [4.78, 5) is 14.5. The summed E-state index contributed by atoms with van der Waals surface area (Å²) in [7, 11) is -3.34. The Morgan fingerprint density at radius 3 is 2.42 bits per heavy atom. The van der Waals surface area contributed by atoms with E-state index in [-0.39, 0.29) is 18.2 Å². The monoisotopic (exact) mass is 375 g/mol. The van der Waals surface area contributed by atoms with Crippen molar-refractivity contribution >= 4 is 26.7 Å². The molecule has 1 aliphatic heterocycles. The SMILES string of the molecule is CCN1CCN(S(=O)(=O)CCNC(=O)c2ccc3ccccc3c2)CC1. The van der Waals surface area contributed by atoms with Crippen LogP contribution in [0.2, 0.25) is 0 Å². The number of nitrogens with zero attached hydrogens (tertiary/aromatic N) is 2. The second-order valence-electron chi connectivity index (χ2n) is 6.47. The molecule has 1 aliphatic rings. The van der Waals surface area contributed by atoms with Crippen LogP contribution in [0.15, 0.2) is 42.5 Å². The minimum absolute atomic E-state index is 0.0710. The van der Waals surface area contributed by atoms with E-state index in [9.17, 15) is 13.2 Å². The maximum atomic E-state index is 12.4. The Kier molecular flexibility index (Phi) is 5.90. The highest BCUT2D eigenvalue weighted by molar-refractivity contribution is 7.89. The van der Waals surface area contributed by atoms with Gasteiger partial charge in [0.1, 0.15) is 0 Å². The topological polar surface area (TPSA) is 69.7 Å². The molecule has 0 saturated carbocycles. The number of carbonyl (C=O) groups is 1. The van der Waals surface area contributed by atoms with Gasteiger partial charge in [0.15, 0.2) is 0 Å². The van der Waals surface area contributed by atoms with Gasteiger partial charge in [0.2, 0.25) is 10.0 Å². The number of carbonyl (C=O) groups excluding carboxylic acids is 1. The van der Waals surface area contributed by atoms with E-state index in [1.54, 1.807) is 6.07 Å². The van der Waals surface area contributed by atoms with Crippen LogP contribution in [0.25, 0.3) is 10.8 Å². The van der Waals surface area contributed by atoms with E-state index in [0.29, 0.717) is 18.7 Å². The van der Waals surface area contributed by atoms with E-state index in [1.807, 2.05) is 36.4 Å². The third kappa shape index (κ3) is 4.41. The molecule has 26 heavy (non-hydrogen) atoms. The molecule has 0 aromatic heterocycles. The average molecular weight is 375 g/mol. The first-order valence-corrected chi connectivity index (χ1v) is 10.6. The van der Waals surface area contributed by atoms with Gasteiger partial charge in [-0.05, 0) is 29.4 Å². The van der Waals surface area contributed by atoms with E-state index in [0.717, 1.165) is 30.4 Å². The second-order valence-corrected chi connectivity index (χ2v) is 8.56. The van der Waals surface area contributed by atoms with Crippen LogP contribution in [0.5, 0.6) is 0 Å². The van der Waals surface area contributed by atoms with Crippen molar-refractivity contribution in [3.63, 3.8) is 0 Å². The molecule has 6 nitrogen and oxygen atoms in total. The molecule has 0 radical (unpaired) electrons. The van der Waals surface area contributed by atoms with Crippen LogP contribution >= 0.6 is 0 Å². The van der Waals surface area contributed by atoms with Gasteiger partial charge in [-0.3, -0.25) is 4.79 Å². The van der Waals surface area contributed by atoms with E-state index in [4.69, 9.17) is 0 Å². The number of nitrogens with one attached hydrogen (secondary N) is 1. The number of benzene rings is 2. The summed E-state index contributed by atoms with van der Waals surface area (Å²) in [6, 6.07) is 13.3. The molecule has 1 heterocycles. The van der Waals surface area contributed by atoms with Gasteiger partial charge in [0.05, 0.1) is 5.75 Å². The highest BCUT2D eigenvalue weighted by atomic mass is 32.2. The summed E-state index contributed by atoms with van der Waals surface area (Å²) in [5, 5.41) is 4.78. The van der Waals surface area contributed by atoms with Crippen molar-refractivity contribution in [3.8, 4) is 0 Å². The van der Waals surface area contributed by atoms with Crippen LogP contribution in [-0.2, 0) is 10.0 Å². The van der Waals surface area contributed by atoms with Crippen molar-refractivity contribution in [1.29, 1.82) is 0 Å². The lowest BCUT2D eigenvalue weighted by atomic mass is 10.1. The zero-order valence-electron chi connectivity index (χ0n) is 15.0. The van der Waals surface area contributed by atoms with Crippen LogP contribution in [0.1, 0.15) is 17.3 Å². The van der Waals surface area contributed by atoms with Crippen LogP contribution < -0.4 is 5.32 Å². The standard InChI is InChI=1S/C19H25N3O3S/c1-2-21-10-12-22(13-11-21)26(24,25)14-9-20-19(23)18-8-7-16-5-3-4-6-17(16)15-18/h3-8,15H,2,9-14H2,1H3,(H,20,23). The Morgan fingerprint density at radius 2 is 1.73 bits per heavy atom. The summed E-state index contributed by atoms with van der Waals surface area (Å²) in [5.74, 6) is -0.319. The normalized spacial score (nSPS) is 16.7. The number of likely N-dealkylation sites (N-methyl/N-ethyl adjacent to an activating group) is 1. The molecule has 2 aromatic carbocycles. The van der Waals surface area contributed by atoms with Crippen molar-refractivity contribution in [2.24, 2.45) is 0 Å². The lowest BCUT2D eigenvalue weighted by Gasteiger charge is -2.33. The van der Waals surface area contributed by atoms with Crippen LogP contribution in [0.4, 0.5) is 0 Å². The van der Waals surface area contributed by atoms with E-state index < -0.39 is 10.0 Å². The van der Waals surface area contributed by atoms with Gasteiger partial charge in [0.25, 0.3) is 5.91 Å². The Bertz CT molecular complexity index is 874. The van der Waals surface area contributed by atoms with Gasteiger partial charge in [-0.1, -0.05) is 37.3 Å². The Hall–Kier alpha value is -1.96. The largest absolute Gasteiger partial charge is 0.351 e. The van der Waals surface area contributed by atoms with Crippen molar-refractivity contribution in [2.45, 2.75) is 6.92 Å². The fraction of sp³-hybridized carbons (Fsp3) is 0.421. The molecule has 3 rings (SSSR count). The minimum atomic E-state index is -3.34. The molecule has 0 aliphatic carbocycles. The molecular formula is C19H25N3O3S. The zero-order chi connectivity index (χ0) is 18.6. The maximum absolute atomic E-state index is 12.4. The molecule has 7 heteroatoms. The molecule has 1 amide bonds. The molecule has 2 aromatic rings. The van der Waals surface area contributed by atoms with E-state index in [1.165, 1.54) is 4.31 Å². The van der Waals surface area contributed by atoms with Crippen molar-refractivity contribution in [1.82, 2.24) is 14.5 Å². The van der Waals surface area contributed by atoms with Crippen LogP contribution in [0, 0.1) is 0 Å². The molecule has 0 spiro atoms. The first-order chi connectivity index (χ1) is 12.5. The molecule has 0 bridgehead atoms. The Labute approximate surface area is 154 Å². The number of sulfonamides is 1. The smallest absolute Gasteiger partial charge is 0.251 e. The van der Waals surface area contributed by atoms with E-state index in [2.05, 4.69) is 17.1 Å². The number of fused-ring (bicyclic) bond motifs is 1. The maximum Gasteiger partial charge on any atom is 0.251 e. The molecule has 140 valence electrons. The molecule has 1 N–H and O–H groups in total. The molecule has 1 fully saturated rings. The summed E-state index contributed by atoms with van der Waals surface area (Å²) in [6.07, 6.45) is 0. The summed E-state index contributed by atoms with van der Waals surface area (Å²) >= 11 is 0. The average Bonchev–Trinajstić information content (AvgIpc) is 2.67. The first-order valence-electron chi connectivity index (χ1n) is 8.97. The van der Waals surface area contributed by atoms with Gasteiger partial charge in [-0.25, -0.2) is 8.42 Å². The van der Waals surface area contributed by atoms with Gasteiger partial charge >= 0.3 is 0 Å². The number of piperazine rings is 1. The second kappa shape index (κ2) is 8.16. The fourth-order valence-electron chi connectivity index (χ4n) is 3.18. The van der Waals surface area contributed by atoms with Crippen molar-refractivity contribution in [3.05, 3.63) is 48.0 Å². The highest BCUT2D eigenvalue weighted by Gasteiger charge is 2.26. The van der Waals surface area contributed by atoms with Gasteiger partial charge in [-0.2, -0.15) is 4.31 Å². The third-order valence-corrected chi connectivity index (χ3v) is 6.70. The van der Waals surface area contributed by atoms with Gasteiger partial charge in [0, 0.05) is 38.3 Å². The fourth-order valence-corrected chi connectivity index (χ4v) is 4.52. The van der Waals surface area contributed by atoms with Crippen LogP contribution in [-0.4, -0.2) is 68.6 Å². The molecule has 0 unspecified atom stereocenters. The quantitative estimate of drug-likeness (QED) is 0.831. The predicted molar refractivity (Wildman–Crippen MR) is 104 cm³/mol. The third-order valence-electron chi connectivity index (χ3n) is 4.83. The molecular weight excluding hydrogens is 350 g/mol. The minimum Gasteiger partial charge on any atom is -0.351 e. The van der Waals surface area contributed by atoms with Gasteiger partial charge < -0.3 is 10.2 Å². The number of hydrogen-bond donors (Lipinski definition) is 1. The number of rotatable bonds is 6. The Morgan fingerprint density at radius 1 is 1.04 bits per heavy atom. The summed E-state index contributed by atoms with van der Waals surface area (Å²) < 4.78 is 26.4. The van der Waals surface area contributed by atoms with Crippen molar-refractivity contribution in [2.75, 3.05) is 45.0 Å². The van der Waals surface area contributed by atoms with Crippen molar-refractivity contribution < 1.29 is 13.2 Å². The number of amides is 1. The lowest BCUT2D eigenvalue weighted by molar-refractivity contribution is 0.0956. The summed E-state index contributed by atoms with van der Waals surface area (Å²) in [6.45, 7) is 5.70. The Balaban J connectivity index is 1.54. The molecule has 1 saturated heterocycles. The van der Waals surface area contributed by atoms with Gasteiger partial charge in [-0.15, -0.1) is 0 Å². The van der Waals surface area contributed by atoms with Crippen LogP contribution in [0.3, 0.4) is 0 Å². The predicted octanol–water partition coefficient (Wildman–Crippen LogP) is 1.54. The summed E-state index contributed by atoms with van der Waals surface area (Å²) in [5.41, 5.74) is 0.539. The first kappa shape index (κ1) is 18.8.